The normalized spacial score (nSPS) is 17.6. The van der Waals surface area contributed by atoms with Crippen LogP contribution in [0.15, 0.2) is 24.3 Å². The zero-order valence-electron chi connectivity index (χ0n) is 10.4. The molecule has 0 spiro atoms. The number of methoxy groups -OCH3 is 1. The molecule has 0 unspecified atom stereocenters. The van der Waals surface area contributed by atoms with E-state index in [1.165, 1.54) is 0 Å². The van der Waals surface area contributed by atoms with E-state index in [0.29, 0.717) is 23.6 Å². The largest absolute Gasteiger partial charge is 0.497 e. The molecule has 0 aromatic heterocycles. The van der Waals surface area contributed by atoms with Crippen molar-refractivity contribution in [3.63, 3.8) is 0 Å². The summed E-state index contributed by atoms with van der Waals surface area (Å²) in [6.07, 6.45) is 0. The molecular weight excluding hydrogens is 250 g/mol. The molecule has 1 heterocycles. The maximum absolute atomic E-state index is 12.0. The van der Waals surface area contributed by atoms with Gasteiger partial charge in [0.1, 0.15) is 5.75 Å². The minimum atomic E-state index is -0.694. The Kier molecular flexibility index (Phi) is 4.49. The van der Waals surface area contributed by atoms with Crippen molar-refractivity contribution < 1.29 is 13.7 Å². The third-order valence-corrected chi connectivity index (χ3v) is 4.33. The number of ketones is 1. The molecule has 0 saturated carbocycles. The van der Waals surface area contributed by atoms with Crippen molar-refractivity contribution in [1.29, 1.82) is 0 Å². The fourth-order valence-corrected chi connectivity index (χ4v) is 3.03. The summed E-state index contributed by atoms with van der Waals surface area (Å²) >= 11 is 0. The molecule has 1 fully saturated rings. The van der Waals surface area contributed by atoms with Crippen molar-refractivity contribution in [2.75, 3.05) is 38.2 Å². The summed E-state index contributed by atoms with van der Waals surface area (Å²) in [5.74, 6) is 2.21. The van der Waals surface area contributed by atoms with Crippen LogP contribution in [0.25, 0.3) is 0 Å². The van der Waals surface area contributed by atoms with Crippen LogP contribution in [0.1, 0.15) is 10.4 Å². The van der Waals surface area contributed by atoms with Crippen LogP contribution < -0.4 is 4.74 Å². The molecule has 0 amide bonds. The number of ether oxygens (including phenoxy) is 1. The molecule has 98 valence electrons. The third-order valence-electron chi connectivity index (χ3n) is 3.05. The number of carbonyl (C=O) groups excluding carboxylic acids is 1. The van der Waals surface area contributed by atoms with Crippen LogP contribution in [0, 0.1) is 0 Å². The van der Waals surface area contributed by atoms with Gasteiger partial charge >= 0.3 is 0 Å². The van der Waals surface area contributed by atoms with Crippen molar-refractivity contribution in [2.45, 2.75) is 0 Å². The maximum atomic E-state index is 12.0. The van der Waals surface area contributed by atoms with Crippen LogP contribution >= 0.6 is 0 Å². The van der Waals surface area contributed by atoms with E-state index in [1.54, 1.807) is 31.4 Å². The van der Waals surface area contributed by atoms with Crippen LogP contribution in [-0.4, -0.2) is 53.1 Å². The molecule has 1 aliphatic heterocycles. The molecule has 1 aromatic carbocycles. The van der Waals surface area contributed by atoms with Crippen LogP contribution in [0.5, 0.6) is 5.75 Å². The summed E-state index contributed by atoms with van der Waals surface area (Å²) < 4.78 is 16.3. The highest BCUT2D eigenvalue weighted by Crippen LogP contribution is 2.12. The third kappa shape index (κ3) is 3.40. The first-order valence-electron chi connectivity index (χ1n) is 5.93. The smallest absolute Gasteiger partial charge is 0.176 e. The summed E-state index contributed by atoms with van der Waals surface area (Å²) in [4.78, 5) is 14.1. The van der Waals surface area contributed by atoms with E-state index < -0.39 is 10.8 Å². The van der Waals surface area contributed by atoms with E-state index in [0.717, 1.165) is 18.8 Å². The maximum Gasteiger partial charge on any atom is 0.176 e. The van der Waals surface area contributed by atoms with Crippen molar-refractivity contribution >= 4 is 16.6 Å². The number of carbonyl (C=O) groups is 1. The summed E-state index contributed by atoms with van der Waals surface area (Å²) in [5, 5.41) is 0. The lowest BCUT2D eigenvalue weighted by molar-refractivity contribution is 0.0936. The first kappa shape index (κ1) is 13.2. The Morgan fingerprint density at radius 2 is 1.89 bits per heavy atom. The first-order chi connectivity index (χ1) is 8.69. The first-order valence-corrected chi connectivity index (χ1v) is 7.42. The molecule has 0 atom stereocenters. The van der Waals surface area contributed by atoms with E-state index in [4.69, 9.17) is 4.74 Å². The van der Waals surface area contributed by atoms with Gasteiger partial charge in [-0.15, -0.1) is 0 Å². The molecule has 18 heavy (non-hydrogen) atoms. The molecule has 0 N–H and O–H groups in total. The van der Waals surface area contributed by atoms with Crippen molar-refractivity contribution in [1.82, 2.24) is 4.90 Å². The SMILES string of the molecule is COc1ccc(C(=O)CN2CCS(=O)CC2)cc1. The van der Waals surface area contributed by atoms with Gasteiger partial charge in [-0.25, -0.2) is 0 Å². The van der Waals surface area contributed by atoms with E-state index in [9.17, 15) is 9.00 Å². The highest BCUT2D eigenvalue weighted by atomic mass is 32.2. The molecule has 1 aromatic rings. The van der Waals surface area contributed by atoms with Gasteiger partial charge in [-0.3, -0.25) is 13.9 Å². The average molecular weight is 267 g/mol. The standard InChI is InChI=1S/C13H17NO3S/c1-17-12-4-2-11(3-5-12)13(15)10-14-6-8-18(16)9-7-14/h2-5H,6-10H2,1H3. The van der Waals surface area contributed by atoms with Crippen LogP contribution in [0.2, 0.25) is 0 Å². The van der Waals surface area contributed by atoms with Gasteiger partial charge in [0.05, 0.1) is 13.7 Å². The molecule has 0 radical (unpaired) electrons. The van der Waals surface area contributed by atoms with Gasteiger partial charge < -0.3 is 4.74 Å². The average Bonchev–Trinajstić information content (AvgIpc) is 2.41. The number of rotatable bonds is 4. The second-order valence-corrected chi connectivity index (χ2v) is 5.97. The predicted molar refractivity (Wildman–Crippen MR) is 71.6 cm³/mol. The number of Topliss-reactive ketones (excluding diaryl/α,β-unsaturated/α-hetero) is 1. The zero-order chi connectivity index (χ0) is 13.0. The van der Waals surface area contributed by atoms with E-state index in [-0.39, 0.29) is 5.78 Å². The summed E-state index contributed by atoms with van der Waals surface area (Å²) in [5.41, 5.74) is 0.697. The van der Waals surface area contributed by atoms with Crippen molar-refractivity contribution in [2.24, 2.45) is 0 Å². The quantitative estimate of drug-likeness (QED) is 0.762. The highest BCUT2D eigenvalue weighted by molar-refractivity contribution is 7.85. The van der Waals surface area contributed by atoms with Gasteiger partial charge in [0.25, 0.3) is 0 Å². The van der Waals surface area contributed by atoms with Crippen LogP contribution in [0.3, 0.4) is 0 Å². The summed E-state index contributed by atoms with van der Waals surface area (Å²) in [6, 6.07) is 7.14. The van der Waals surface area contributed by atoms with Crippen LogP contribution in [-0.2, 0) is 10.8 Å². The molecule has 2 rings (SSSR count). The predicted octanol–water partition coefficient (Wildman–Crippen LogP) is 0.942. The van der Waals surface area contributed by atoms with Gasteiger partial charge in [0, 0.05) is 41.0 Å². The van der Waals surface area contributed by atoms with E-state index >= 15 is 0 Å². The van der Waals surface area contributed by atoms with Gasteiger partial charge in [-0.05, 0) is 24.3 Å². The Bertz CT molecular complexity index is 434. The number of nitrogens with zero attached hydrogens (tertiary/aromatic N) is 1. The van der Waals surface area contributed by atoms with E-state index in [2.05, 4.69) is 4.90 Å². The van der Waals surface area contributed by atoms with Gasteiger partial charge in [0.15, 0.2) is 5.78 Å². The van der Waals surface area contributed by atoms with Crippen molar-refractivity contribution in [3.05, 3.63) is 29.8 Å². The van der Waals surface area contributed by atoms with E-state index in [1.807, 2.05) is 0 Å². The second kappa shape index (κ2) is 6.11. The lowest BCUT2D eigenvalue weighted by atomic mass is 10.1. The Morgan fingerprint density at radius 1 is 1.28 bits per heavy atom. The summed E-state index contributed by atoms with van der Waals surface area (Å²) in [6.45, 7) is 1.90. The van der Waals surface area contributed by atoms with Gasteiger partial charge in [0.2, 0.25) is 0 Å². The molecule has 1 aliphatic rings. The second-order valence-electron chi connectivity index (χ2n) is 4.28. The number of hydrogen-bond acceptors (Lipinski definition) is 4. The highest BCUT2D eigenvalue weighted by Gasteiger charge is 2.18. The molecule has 0 bridgehead atoms. The van der Waals surface area contributed by atoms with Gasteiger partial charge in [-0.1, -0.05) is 0 Å². The van der Waals surface area contributed by atoms with Crippen molar-refractivity contribution in [3.8, 4) is 5.75 Å². The Hall–Kier alpha value is -1.20. The van der Waals surface area contributed by atoms with Crippen LogP contribution in [0.4, 0.5) is 0 Å². The lowest BCUT2D eigenvalue weighted by Gasteiger charge is -2.25. The molecular formula is C13H17NO3S. The fourth-order valence-electron chi connectivity index (χ4n) is 1.91. The Morgan fingerprint density at radius 3 is 2.44 bits per heavy atom. The minimum Gasteiger partial charge on any atom is -0.497 e. The molecule has 5 heteroatoms. The molecule has 4 nitrogen and oxygen atoms in total. The Balaban J connectivity index is 1.92. The minimum absolute atomic E-state index is 0.102. The molecule has 1 saturated heterocycles. The zero-order valence-corrected chi connectivity index (χ0v) is 11.2. The lowest BCUT2D eigenvalue weighted by Crippen LogP contribution is -2.40. The summed E-state index contributed by atoms with van der Waals surface area (Å²) in [7, 11) is 0.908. The number of hydrogen-bond donors (Lipinski definition) is 0. The Labute approximate surface area is 109 Å². The topological polar surface area (TPSA) is 46.6 Å². The monoisotopic (exact) mass is 267 g/mol. The molecule has 0 aliphatic carbocycles. The fraction of sp³-hybridized carbons (Fsp3) is 0.462. The van der Waals surface area contributed by atoms with Gasteiger partial charge in [-0.2, -0.15) is 0 Å². The number of benzene rings is 1.